The predicted molar refractivity (Wildman–Crippen MR) is 83.2 cm³/mol. The summed E-state index contributed by atoms with van der Waals surface area (Å²) in [7, 11) is 0. The average Bonchev–Trinajstić information content (AvgIpc) is 2.83. The molecule has 2 aromatic rings. The zero-order valence-corrected chi connectivity index (χ0v) is 12.7. The number of hydrogen-bond donors (Lipinski definition) is 3. The fraction of sp³-hybridized carbons (Fsp3) is 0.375. The lowest BCUT2D eigenvalue weighted by molar-refractivity contribution is -0.119. The third-order valence-electron chi connectivity index (χ3n) is 3.37. The topological polar surface area (TPSA) is 91.4 Å². The van der Waals surface area contributed by atoms with E-state index in [9.17, 15) is 14.7 Å². The summed E-state index contributed by atoms with van der Waals surface area (Å²) < 4.78 is 5.66. The summed E-state index contributed by atoms with van der Waals surface area (Å²) in [5.41, 5.74) is 1.36. The second kappa shape index (κ2) is 6.98. The molecule has 6 heteroatoms. The number of rotatable bonds is 7. The van der Waals surface area contributed by atoms with E-state index in [-0.39, 0.29) is 18.1 Å². The molecule has 0 atom stereocenters. The van der Waals surface area contributed by atoms with E-state index in [1.54, 1.807) is 6.07 Å². The summed E-state index contributed by atoms with van der Waals surface area (Å²) in [6, 6.07) is 5.41. The van der Waals surface area contributed by atoms with Gasteiger partial charge in [0.05, 0.1) is 6.61 Å². The first-order valence-electron chi connectivity index (χ1n) is 7.28. The van der Waals surface area contributed by atoms with Gasteiger partial charge >= 0.3 is 5.97 Å². The van der Waals surface area contributed by atoms with Crippen molar-refractivity contribution in [1.82, 2.24) is 10.3 Å². The van der Waals surface area contributed by atoms with E-state index in [0.29, 0.717) is 23.4 Å². The molecule has 0 saturated heterocycles. The van der Waals surface area contributed by atoms with E-state index in [2.05, 4.69) is 17.2 Å². The van der Waals surface area contributed by atoms with Crippen LogP contribution in [0.15, 0.2) is 18.2 Å². The SMILES string of the molecule is CCCCOc1ccc2[nH]c(C(=O)O)c(CNC(C)=O)c2c1. The molecule has 1 heterocycles. The number of carbonyl (C=O) groups is 2. The van der Waals surface area contributed by atoms with Gasteiger partial charge in [0.15, 0.2) is 0 Å². The highest BCUT2D eigenvalue weighted by atomic mass is 16.5. The summed E-state index contributed by atoms with van der Waals surface area (Å²) in [5, 5.41) is 12.7. The number of carboxylic acids is 1. The molecule has 0 spiro atoms. The lowest BCUT2D eigenvalue weighted by Crippen LogP contribution is -2.20. The molecular formula is C16H20N2O4. The minimum absolute atomic E-state index is 0.0921. The molecule has 0 radical (unpaired) electrons. The number of aromatic nitrogens is 1. The number of fused-ring (bicyclic) bond motifs is 1. The van der Waals surface area contributed by atoms with E-state index >= 15 is 0 Å². The number of hydrogen-bond acceptors (Lipinski definition) is 3. The molecule has 0 aliphatic heterocycles. The first kappa shape index (κ1) is 15.9. The van der Waals surface area contributed by atoms with Crippen LogP contribution in [0.4, 0.5) is 0 Å². The van der Waals surface area contributed by atoms with Gasteiger partial charge in [-0.15, -0.1) is 0 Å². The molecule has 0 unspecified atom stereocenters. The summed E-state index contributed by atoms with van der Waals surface area (Å²) >= 11 is 0. The quantitative estimate of drug-likeness (QED) is 0.686. The Hall–Kier alpha value is -2.50. The molecule has 6 nitrogen and oxygen atoms in total. The van der Waals surface area contributed by atoms with Crippen LogP contribution in [0.3, 0.4) is 0 Å². The molecule has 1 amide bonds. The number of H-pyrrole nitrogens is 1. The molecule has 0 fully saturated rings. The molecule has 0 saturated carbocycles. The van der Waals surface area contributed by atoms with E-state index in [1.807, 2.05) is 12.1 Å². The van der Waals surface area contributed by atoms with Crippen LogP contribution in [-0.2, 0) is 11.3 Å². The Morgan fingerprint density at radius 1 is 1.36 bits per heavy atom. The highest BCUT2D eigenvalue weighted by molar-refractivity contribution is 5.98. The maximum Gasteiger partial charge on any atom is 0.352 e. The molecule has 118 valence electrons. The van der Waals surface area contributed by atoms with Crippen LogP contribution in [0, 0.1) is 0 Å². The standard InChI is InChI=1S/C16H20N2O4/c1-3-4-7-22-11-5-6-14-12(8-11)13(9-17-10(2)19)15(18-14)16(20)21/h5-6,8,18H,3-4,7,9H2,1-2H3,(H,17,19)(H,20,21). The van der Waals surface area contributed by atoms with Gasteiger partial charge in [-0.2, -0.15) is 0 Å². The first-order chi connectivity index (χ1) is 10.5. The highest BCUT2D eigenvalue weighted by Crippen LogP contribution is 2.27. The van der Waals surface area contributed by atoms with Crippen molar-refractivity contribution < 1.29 is 19.4 Å². The van der Waals surface area contributed by atoms with Gasteiger partial charge in [0, 0.05) is 29.9 Å². The molecule has 2 rings (SSSR count). The smallest absolute Gasteiger partial charge is 0.352 e. The predicted octanol–water partition coefficient (Wildman–Crippen LogP) is 2.68. The monoisotopic (exact) mass is 304 g/mol. The van der Waals surface area contributed by atoms with Crippen molar-refractivity contribution in [2.45, 2.75) is 33.2 Å². The number of nitrogens with one attached hydrogen (secondary N) is 2. The van der Waals surface area contributed by atoms with Crippen molar-refractivity contribution in [1.29, 1.82) is 0 Å². The third kappa shape index (κ3) is 3.58. The van der Waals surface area contributed by atoms with Gasteiger partial charge in [0.2, 0.25) is 5.91 Å². The van der Waals surface area contributed by atoms with Gasteiger partial charge < -0.3 is 20.1 Å². The second-order valence-electron chi connectivity index (χ2n) is 5.10. The first-order valence-corrected chi connectivity index (χ1v) is 7.28. The Kier molecular flexibility index (Phi) is 5.04. The van der Waals surface area contributed by atoms with Gasteiger partial charge in [-0.1, -0.05) is 13.3 Å². The number of ether oxygens (including phenoxy) is 1. The van der Waals surface area contributed by atoms with Crippen LogP contribution in [-0.4, -0.2) is 28.6 Å². The van der Waals surface area contributed by atoms with Gasteiger partial charge in [-0.25, -0.2) is 4.79 Å². The van der Waals surface area contributed by atoms with Gasteiger partial charge in [-0.05, 0) is 24.6 Å². The summed E-state index contributed by atoms with van der Waals surface area (Å²) in [5.74, 6) is -0.563. The molecule has 1 aromatic carbocycles. The fourth-order valence-corrected chi connectivity index (χ4v) is 2.23. The molecule has 1 aromatic heterocycles. The summed E-state index contributed by atoms with van der Waals surface area (Å²) in [4.78, 5) is 25.3. The number of carboxylic acid groups (broad SMARTS) is 1. The number of aromatic amines is 1. The van der Waals surface area contributed by atoms with Gasteiger partial charge in [0.25, 0.3) is 0 Å². The van der Waals surface area contributed by atoms with Crippen molar-refractivity contribution in [3.05, 3.63) is 29.5 Å². The van der Waals surface area contributed by atoms with Crippen molar-refractivity contribution in [2.24, 2.45) is 0 Å². The van der Waals surface area contributed by atoms with Crippen LogP contribution >= 0.6 is 0 Å². The largest absolute Gasteiger partial charge is 0.494 e. The van der Waals surface area contributed by atoms with Crippen LogP contribution in [0.2, 0.25) is 0 Å². The van der Waals surface area contributed by atoms with Crippen molar-refractivity contribution in [3.8, 4) is 5.75 Å². The van der Waals surface area contributed by atoms with Crippen molar-refractivity contribution >= 4 is 22.8 Å². The second-order valence-corrected chi connectivity index (χ2v) is 5.10. The number of carbonyl (C=O) groups excluding carboxylic acids is 1. The average molecular weight is 304 g/mol. The molecule has 0 aliphatic rings. The van der Waals surface area contributed by atoms with E-state index < -0.39 is 5.97 Å². The van der Waals surface area contributed by atoms with E-state index in [0.717, 1.165) is 18.2 Å². The molecule has 0 bridgehead atoms. The lowest BCUT2D eigenvalue weighted by Gasteiger charge is -2.06. The lowest BCUT2D eigenvalue weighted by atomic mass is 10.1. The Morgan fingerprint density at radius 3 is 2.77 bits per heavy atom. The number of benzene rings is 1. The van der Waals surface area contributed by atoms with Crippen LogP contribution in [0.5, 0.6) is 5.75 Å². The fourth-order valence-electron chi connectivity index (χ4n) is 2.23. The minimum atomic E-state index is -1.05. The maximum atomic E-state index is 11.4. The normalized spacial score (nSPS) is 10.6. The molecule has 0 aliphatic carbocycles. The minimum Gasteiger partial charge on any atom is -0.494 e. The summed E-state index contributed by atoms with van der Waals surface area (Å²) in [6.45, 7) is 4.27. The Labute approximate surface area is 128 Å². The Bertz CT molecular complexity index is 691. The van der Waals surface area contributed by atoms with Crippen molar-refractivity contribution in [3.63, 3.8) is 0 Å². The van der Waals surface area contributed by atoms with Crippen LogP contribution in [0.25, 0.3) is 10.9 Å². The molecular weight excluding hydrogens is 284 g/mol. The molecule has 3 N–H and O–H groups in total. The van der Waals surface area contributed by atoms with Crippen molar-refractivity contribution in [2.75, 3.05) is 6.61 Å². The van der Waals surface area contributed by atoms with E-state index in [1.165, 1.54) is 6.92 Å². The third-order valence-corrected chi connectivity index (χ3v) is 3.37. The number of unbranched alkanes of at least 4 members (excludes halogenated alkanes) is 1. The zero-order chi connectivity index (χ0) is 16.1. The van der Waals surface area contributed by atoms with Gasteiger partial charge in [0.1, 0.15) is 11.4 Å². The molecule has 22 heavy (non-hydrogen) atoms. The van der Waals surface area contributed by atoms with Crippen LogP contribution in [0.1, 0.15) is 42.7 Å². The zero-order valence-electron chi connectivity index (χ0n) is 12.7. The Morgan fingerprint density at radius 2 is 2.14 bits per heavy atom. The Balaban J connectivity index is 2.37. The summed E-state index contributed by atoms with van der Waals surface area (Å²) in [6.07, 6.45) is 2.01. The maximum absolute atomic E-state index is 11.4. The van der Waals surface area contributed by atoms with Crippen LogP contribution < -0.4 is 10.1 Å². The van der Waals surface area contributed by atoms with E-state index in [4.69, 9.17) is 4.74 Å². The number of aromatic carboxylic acids is 1. The number of amides is 1. The van der Waals surface area contributed by atoms with Gasteiger partial charge in [-0.3, -0.25) is 4.79 Å². The highest BCUT2D eigenvalue weighted by Gasteiger charge is 2.17.